The molecule has 0 aliphatic rings. The Morgan fingerprint density at radius 3 is 2.39 bits per heavy atom. The molecule has 2 aromatic heterocycles. The molecule has 0 radical (unpaired) electrons. The van der Waals surface area contributed by atoms with Crippen molar-refractivity contribution < 1.29 is 5.21 Å². The fourth-order valence-electron chi connectivity index (χ4n) is 3.54. The summed E-state index contributed by atoms with van der Waals surface area (Å²) in [6, 6.07) is 27.8. The van der Waals surface area contributed by atoms with E-state index >= 15 is 0 Å². The molecule has 0 fully saturated rings. The van der Waals surface area contributed by atoms with E-state index in [1.165, 1.54) is 11.8 Å². The van der Waals surface area contributed by atoms with Crippen LogP contribution < -0.4 is 0 Å². The summed E-state index contributed by atoms with van der Waals surface area (Å²) in [7, 11) is 0. The van der Waals surface area contributed by atoms with Gasteiger partial charge in [-0.05, 0) is 18.2 Å². The zero-order valence-electron chi connectivity index (χ0n) is 16.5. The molecule has 0 aliphatic heterocycles. The monoisotopic (exact) mass is 425 g/mol. The van der Waals surface area contributed by atoms with Gasteiger partial charge in [0.1, 0.15) is 0 Å². The van der Waals surface area contributed by atoms with Gasteiger partial charge < -0.3 is 10.2 Å². The van der Waals surface area contributed by atoms with Crippen molar-refractivity contribution in [2.75, 3.05) is 5.75 Å². The van der Waals surface area contributed by atoms with Crippen molar-refractivity contribution in [3.05, 3.63) is 96.7 Å². The minimum absolute atomic E-state index is 0.458. The molecule has 31 heavy (non-hydrogen) atoms. The van der Waals surface area contributed by atoms with Crippen molar-refractivity contribution in [2.24, 2.45) is 5.16 Å². The summed E-state index contributed by atoms with van der Waals surface area (Å²) < 4.78 is 2.04. The largest absolute Gasteiger partial charge is 0.411 e. The lowest BCUT2D eigenvalue weighted by Gasteiger charge is -2.10. The van der Waals surface area contributed by atoms with E-state index in [0.717, 1.165) is 38.7 Å². The Morgan fingerprint density at radius 1 is 0.903 bits per heavy atom. The summed E-state index contributed by atoms with van der Waals surface area (Å²) in [5, 5.41) is 23.9. The standard InChI is InChI=1S/C24H19N5OS/c30-28-22(17-9-3-1-4-10-17)16-31-24-27-26-23(29(24)18-11-5-2-6-12-18)20-15-25-21-14-8-7-13-19(20)21/h1-15,25,30H,16H2/b28-22+. The molecule has 0 saturated carbocycles. The minimum Gasteiger partial charge on any atom is -0.411 e. The van der Waals surface area contributed by atoms with Crippen LogP contribution in [0.25, 0.3) is 28.0 Å². The molecular formula is C24H19N5OS. The van der Waals surface area contributed by atoms with Gasteiger partial charge in [0, 0.05) is 39.7 Å². The summed E-state index contributed by atoms with van der Waals surface area (Å²) in [5.41, 5.74) is 4.46. The van der Waals surface area contributed by atoms with E-state index in [0.29, 0.717) is 11.5 Å². The zero-order chi connectivity index (χ0) is 21.0. The van der Waals surface area contributed by atoms with Crippen LogP contribution in [0, 0.1) is 0 Å². The first-order valence-electron chi connectivity index (χ1n) is 9.81. The van der Waals surface area contributed by atoms with Gasteiger partial charge in [-0.1, -0.05) is 83.6 Å². The lowest BCUT2D eigenvalue weighted by Crippen LogP contribution is -2.06. The van der Waals surface area contributed by atoms with Gasteiger partial charge in [0.2, 0.25) is 0 Å². The number of fused-ring (bicyclic) bond motifs is 1. The molecule has 3 aromatic carbocycles. The van der Waals surface area contributed by atoms with Crippen molar-refractivity contribution in [3.8, 4) is 17.1 Å². The predicted octanol–water partition coefficient (Wildman–Crippen LogP) is 5.39. The normalized spacial score (nSPS) is 11.8. The van der Waals surface area contributed by atoms with Crippen molar-refractivity contribution in [1.29, 1.82) is 0 Å². The van der Waals surface area contributed by atoms with Crippen LogP contribution in [-0.4, -0.2) is 36.4 Å². The quantitative estimate of drug-likeness (QED) is 0.166. The highest BCUT2D eigenvalue weighted by Crippen LogP contribution is 2.32. The Balaban J connectivity index is 1.56. The average molecular weight is 426 g/mol. The highest BCUT2D eigenvalue weighted by molar-refractivity contribution is 7.99. The smallest absolute Gasteiger partial charge is 0.196 e. The zero-order valence-corrected chi connectivity index (χ0v) is 17.3. The molecule has 0 bridgehead atoms. The van der Waals surface area contributed by atoms with Crippen LogP contribution >= 0.6 is 11.8 Å². The van der Waals surface area contributed by atoms with E-state index in [4.69, 9.17) is 0 Å². The second kappa shape index (κ2) is 8.49. The fraction of sp³-hybridized carbons (Fsp3) is 0.0417. The third-order valence-corrected chi connectivity index (χ3v) is 5.98. The fourth-order valence-corrected chi connectivity index (χ4v) is 4.45. The second-order valence-corrected chi connectivity index (χ2v) is 7.87. The number of hydrogen-bond donors (Lipinski definition) is 2. The number of para-hydroxylation sites is 2. The molecule has 2 heterocycles. The van der Waals surface area contributed by atoms with Gasteiger partial charge in [-0.3, -0.25) is 4.57 Å². The maximum absolute atomic E-state index is 9.55. The van der Waals surface area contributed by atoms with Crippen molar-refractivity contribution >= 4 is 28.4 Å². The summed E-state index contributed by atoms with van der Waals surface area (Å²) in [6.07, 6.45) is 1.97. The molecule has 0 aliphatic carbocycles. The van der Waals surface area contributed by atoms with Gasteiger partial charge in [0.25, 0.3) is 0 Å². The Morgan fingerprint density at radius 2 is 1.61 bits per heavy atom. The van der Waals surface area contributed by atoms with Gasteiger partial charge in [-0.25, -0.2) is 0 Å². The number of aromatic nitrogens is 4. The van der Waals surface area contributed by atoms with Crippen LogP contribution in [0.1, 0.15) is 5.56 Å². The first-order valence-corrected chi connectivity index (χ1v) is 10.8. The number of thioether (sulfide) groups is 1. The molecule has 0 saturated heterocycles. The molecule has 152 valence electrons. The maximum atomic E-state index is 9.55. The Labute approximate surface area is 183 Å². The predicted molar refractivity (Wildman–Crippen MR) is 124 cm³/mol. The van der Waals surface area contributed by atoms with E-state index in [9.17, 15) is 5.21 Å². The lowest BCUT2D eigenvalue weighted by atomic mass is 10.1. The summed E-state index contributed by atoms with van der Waals surface area (Å²) in [5.74, 6) is 1.22. The van der Waals surface area contributed by atoms with E-state index in [1.807, 2.05) is 89.6 Å². The molecule has 2 N–H and O–H groups in total. The number of nitrogens with one attached hydrogen (secondary N) is 1. The molecule has 0 unspecified atom stereocenters. The maximum Gasteiger partial charge on any atom is 0.196 e. The van der Waals surface area contributed by atoms with Crippen LogP contribution in [0.4, 0.5) is 0 Å². The number of benzene rings is 3. The van der Waals surface area contributed by atoms with E-state index < -0.39 is 0 Å². The topological polar surface area (TPSA) is 79.1 Å². The van der Waals surface area contributed by atoms with Crippen LogP contribution in [0.5, 0.6) is 0 Å². The third-order valence-electron chi connectivity index (χ3n) is 5.04. The third kappa shape index (κ3) is 3.71. The molecular weight excluding hydrogens is 406 g/mol. The van der Waals surface area contributed by atoms with Crippen LogP contribution in [0.3, 0.4) is 0 Å². The first kappa shape index (κ1) is 19.1. The van der Waals surface area contributed by atoms with Crippen molar-refractivity contribution in [3.63, 3.8) is 0 Å². The number of hydrogen-bond acceptors (Lipinski definition) is 5. The molecule has 6 nitrogen and oxygen atoms in total. The number of oxime groups is 1. The Bertz CT molecular complexity index is 1340. The molecule has 0 atom stereocenters. The van der Waals surface area contributed by atoms with Gasteiger partial charge in [0.05, 0.1) is 5.71 Å². The molecule has 0 spiro atoms. The molecule has 5 aromatic rings. The first-order chi connectivity index (χ1) is 15.3. The van der Waals surface area contributed by atoms with Gasteiger partial charge >= 0.3 is 0 Å². The van der Waals surface area contributed by atoms with E-state index in [2.05, 4.69) is 26.4 Å². The van der Waals surface area contributed by atoms with Gasteiger partial charge in [-0.15, -0.1) is 10.2 Å². The van der Waals surface area contributed by atoms with Crippen molar-refractivity contribution in [1.82, 2.24) is 19.7 Å². The number of rotatable bonds is 6. The second-order valence-electron chi connectivity index (χ2n) is 6.93. The molecule has 0 amide bonds. The average Bonchev–Trinajstić information content (AvgIpc) is 3.45. The van der Waals surface area contributed by atoms with Crippen LogP contribution in [0.15, 0.2) is 101 Å². The summed E-state index contributed by atoms with van der Waals surface area (Å²) in [6.45, 7) is 0. The highest BCUT2D eigenvalue weighted by atomic mass is 32.2. The van der Waals surface area contributed by atoms with Crippen LogP contribution in [0.2, 0.25) is 0 Å². The van der Waals surface area contributed by atoms with E-state index in [1.54, 1.807) is 0 Å². The minimum atomic E-state index is 0.458. The molecule has 5 rings (SSSR count). The Kier molecular flexibility index (Phi) is 5.24. The lowest BCUT2D eigenvalue weighted by molar-refractivity contribution is 0.319. The Hall–Kier alpha value is -3.84. The molecule has 7 heteroatoms. The van der Waals surface area contributed by atoms with Crippen molar-refractivity contribution in [2.45, 2.75) is 5.16 Å². The summed E-state index contributed by atoms with van der Waals surface area (Å²) >= 11 is 1.48. The van der Waals surface area contributed by atoms with Gasteiger partial charge in [-0.2, -0.15) is 0 Å². The number of aromatic amines is 1. The van der Waals surface area contributed by atoms with E-state index in [-0.39, 0.29) is 0 Å². The number of H-pyrrole nitrogens is 1. The number of nitrogens with zero attached hydrogens (tertiary/aromatic N) is 4. The highest BCUT2D eigenvalue weighted by Gasteiger charge is 2.19. The van der Waals surface area contributed by atoms with Gasteiger partial charge in [0.15, 0.2) is 11.0 Å². The summed E-state index contributed by atoms with van der Waals surface area (Å²) in [4.78, 5) is 3.32. The van der Waals surface area contributed by atoms with Crippen LogP contribution in [-0.2, 0) is 0 Å². The SMILES string of the molecule is O/N=C(\CSc1nnc(-c2c[nH]c3ccccc23)n1-c1ccccc1)c1ccccc1.